The number of hydrogen-bond donors (Lipinski definition) is 2. The molecule has 0 saturated carbocycles. The molecule has 2 amide bonds. The predicted molar refractivity (Wildman–Crippen MR) is 77.9 cm³/mol. The minimum absolute atomic E-state index is 0.0641. The van der Waals surface area contributed by atoms with Crippen LogP contribution in [0.5, 0.6) is 0 Å². The zero-order valence-corrected chi connectivity index (χ0v) is 12.0. The van der Waals surface area contributed by atoms with Gasteiger partial charge in [0, 0.05) is 0 Å². The van der Waals surface area contributed by atoms with Gasteiger partial charge in [-0.15, -0.1) is 0 Å². The molecule has 2 N–H and O–H groups in total. The second kappa shape index (κ2) is 5.61. The van der Waals surface area contributed by atoms with E-state index in [4.69, 9.17) is 0 Å². The zero-order chi connectivity index (χ0) is 13.9. The molecule has 1 heterocycles. The van der Waals surface area contributed by atoms with Gasteiger partial charge in [-0.25, -0.2) is 15.2 Å². The normalized spacial score (nSPS) is 17.6. The van der Waals surface area contributed by atoms with Gasteiger partial charge in [0.25, 0.3) is 0 Å². The molecule has 0 radical (unpaired) electrons. The fraction of sp³-hybridized carbons (Fsp3) is 0.533. The lowest BCUT2D eigenvalue weighted by atomic mass is 10.00. The Labute approximate surface area is 115 Å². The number of rotatable bonds is 5. The van der Waals surface area contributed by atoms with Gasteiger partial charge in [0.15, 0.2) is 0 Å². The highest BCUT2D eigenvalue weighted by molar-refractivity contribution is 5.93. The molecule has 19 heavy (non-hydrogen) atoms. The summed E-state index contributed by atoms with van der Waals surface area (Å²) in [5, 5.41) is 4.74. The van der Waals surface area contributed by atoms with Crippen molar-refractivity contribution in [3.8, 4) is 0 Å². The molecule has 0 aromatic heterocycles. The average Bonchev–Trinajstić information content (AvgIpc) is 2.68. The first-order valence-electron chi connectivity index (χ1n) is 7.07. The first kappa shape index (κ1) is 13.9. The summed E-state index contributed by atoms with van der Waals surface area (Å²) in [4.78, 5) is 12.2. The summed E-state index contributed by atoms with van der Waals surface area (Å²) in [7, 11) is 0. The molecule has 0 atom stereocenters. The highest BCUT2D eigenvalue weighted by Gasteiger charge is 2.41. The molecule has 1 aliphatic heterocycles. The number of carbonyl (C=O) groups is 1. The van der Waals surface area contributed by atoms with Crippen LogP contribution < -0.4 is 15.8 Å². The summed E-state index contributed by atoms with van der Waals surface area (Å²) in [6.45, 7) is 6.32. The molecule has 1 aromatic carbocycles. The monoisotopic (exact) mass is 261 g/mol. The molecule has 0 aliphatic carbocycles. The van der Waals surface area contributed by atoms with Crippen molar-refractivity contribution in [2.24, 2.45) is 0 Å². The molecule has 1 fully saturated rings. The summed E-state index contributed by atoms with van der Waals surface area (Å²) >= 11 is 0. The van der Waals surface area contributed by atoms with Crippen molar-refractivity contribution in [3.05, 3.63) is 29.8 Å². The number of hydrazine groups is 1. The highest BCUT2D eigenvalue weighted by atomic mass is 16.2. The first-order valence-corrected chi connectivity index (χ1v) is 7.07. The van der Waals surface area contributed by atoms with Gasteiger partial charge in [-0.3, -0.25) is 0 Å². The molecule has 0 bridgehead atoms. The van der Waals surface area contributed by atoms with Crippen molar-refractivity contribution in [2.75, 3.05) is 5.01 Å². The van der Waals surface area contributed by atoms with Gasteiger partial charge >= 0.3 is 6.03 Å². The van der Waals surface area contributed by atoms with Crippen LogP contribution in [0.2, 0.25) is 0 Å². The largest absolute Gasteiger partial charge is 0.338 e. The highest BCUT2D eigenvalue weighted by Crippen LogP contribution is 2.25. The van der Waals surface area contributed by atoms with Gasteiger partial charge in [0.1, 0.15) is 5.66 Å². The van der Waals surface area contributed by atoms with Crippen molar-refractivity contribution in [1.82, 2.24) is 10.7 Å². The lowest BCUT2D eigenvalue weighted by Gasteiger charge is -2.28. The molecule has 0 unspecified atom stereocenters. The van der Waals surface area contributed by atoms with Gasteiger partial charge in [-0.05, 0) is 31.9 Å². The van der Waals surface area contributed by atoms with Crippen LogP contribution >= 0.6 is 0 Å². The van der Waals surface area contributed by atoms with E-state index in [1.807, 2.05) is 31.2 Å². The Morgan fingerprint density at radius 1 is 1.11 bits per heavy atom. The van der Waals surface area contributed by atoms with Crippen molar-refractivity contribution in [1.29, 1.82) is 0 Å². The maximum absolute atomic E-state index is 12.2. The minimum Gasteiger partial charge on any atom is -0.317 e. The number of anilines is 1. The maximum atomic E-state index is 12.2. The van der Waals surface area contributed by atoms with E-state index in [9.17, 15) is 4.79 Å². The third-order valence-electron chi connectivity index (χ3n) is 3.52. The van der Waals surface area contributed by atoms with Crippen LogP contribution in [-0.2, 0) is 0 Å². The predicted octanol–water partition coefficient (Wildman–Crippen LogP) is 3.33. The molecule has 1 aliphatic rings. The van der Waals surface area contributed by atoms with Crippen LogP contribution in [0.25, 0.3) is 0 Å². The molecule has 4 nitrogen and oxygen atoms in total. The zero-order valence-electron chi connectivity index (χ0n) is 12.0. The molecule has 1 aromatic rings. The third-order valence-corrected chi connectivity index (χ3v) is 3.52. The number of carbonyl (C=O) groups excluding carboxylic acids is 1. The molecule has 104 valence electrons. The van der Waals surface area contributed by atoms with Crippen LogP contribution in [0.1, 0.15) is 45.1 Å². The second-order valence-electron chi connectivity index (χ2n) is 5.30. The van der Waals surface area contributed by atoms with Crippen molar-refractivity contribution < 1.29 is 4.79 Å². The quantitative estimate of drug-likeness (QED) is 0.854. The molecular formula is C15H23N3O. The van der Waals surface area contributed by atoms with E-state index in [-0.39, 0.29) is 11.7 Å². The van der Waals surface area contributed by atoms with Crippen LogP contribution in [0.3, 0.4) is 0 Å². The Morgan fingerprint density at radius 3 is 2.21 bits per heavy atom. The molecule has 4 heteroatoms. The number of urea groups is 1. The summed E-state index contributed by atoms with van der Waals surface area (Å²) in [6, 6.07) is 7.91. The van der Waals surface area contributed by atoms with E-state index in [1.165, 1.54) is 5.56 Å². The number of nitrogens with zero attached hydrogens (tertiary/aromatic N) is 1. The lowest BCUT2D eigenvalue weighted by Crippen LogP contribution is -2.51. The number of hydrogen-bond acceptors (Lipinski definition) is 2. The van der Waals surface area contributed by atoms with E-state index in [0.29, 0.717) is 0 Å². The fourth-order valence-electron chi connectivity index (χ4n) is 2.64. The number of nitrogens with one attached hydrogen (secondary N) is 2. The van der Waals surface area contributed by atoms with Crippen molar-refractivity contribution >= 4 is 11.7 Å². The molecule has 2 rings (SSSR count). The standard InChI is InChI=1S/C15H23N3O/c1-4-10-15(11-5-2)16-14(19)18(17-15)13-8-6-12(3)7-9-13/h6-9,17H,4-5,10-11H2,1-3H3,(H,16,19). The minimum atomic E-state index is -0.286. The first-order chi connectivity index (χ1) is 9.10. The topological polar surface area (TPSA) is 44.4 Å². The Balaban J connectivity index is 2.20. The molecule has 1 saturated heterocycles. The van der Waals surface area contributed by atoms with Gasteiger partial charge < -0.3 is 5.32 Å². The number of aryl methyl sites for hydroxylation is 1. The van der Waals surface area contributed by atoms with Crippen LogP contribution in [0, 0.1) is 6.92 Å². The molecular weight excluding hydrogens is 238 g/mol. The fourth-order valence-corrected chi connectivity index (χ4v) is 2.64. The smallest absolute Gasteiger partial charge is 0.317 e. The van der Waals surface area contributed by atoms with Crippen molar-refractivity contribution in [2.45, 2.75) is 52.1 Å². The summed E-state index contributed by atoms with van der Waals surface area (Å²) < 4.78 is 0. The lowest BCUT2D eigenvalue weighted by molar-refractivity contribution is 0.240. The van der Waals surface area contributed by atoms with E-state index in [0.717, 1.165) is 31.4 Å². The van der Waals surface area contributed by atoms with Crippen LogP contribution in [0.15, 0.2) is 24.3 Å². The van der Waals surface area contributed by atoms with Gasteiger partial charge in [0.05, 0.1) is 5.69 Å². The van der Waals surface area contributed by atoms with Gasteiger partial charge in [-0.1, -0.05) is 44.4 Å². The summed E-state index contributed by atoms with van der Waals surface area (Å²) in [5.41, 5.74) is 5.16. The Kier molecular flexibility index (Phi) is 4.10. The summed E-state index contributed by atoms with van der Waals surface area (Å²) in [6.07, 6.45) is 3.95. The van der Waals surface area contributed by atoms with E-state index < -0.39 is 0 Å². The van der Waals surface area contributed by atoms with Gasteiger partial charge in [0.2, 0.25) is 0 Å². The Hall–Kier alpha value is -1.55. The number of amides is 2. The SMILES string of the molecule is CCCC1(CCC)NC(=O)N(c2ccc(C)cc2)N1. The number of benzene rings is 1. The van der Waals surface area contributed by atoms with E-state index in [1.54, 1.807) is 5.01 Å². The Morgan fingerprint density at radius 2 is 1.68 bits per heavy atom. The maximum Gasteiger partial charge on any atom is 0.338 e. The van der Waals surface area contributed by atoms with Gasteiger partial charge in [-0.2, -0.15) is 0 Å². The van der Waals surface area contributed by atoms with Crippen LogP contribution in [-0.4, -0.2) is 11.7 Å². The second-order valence-corrected chi connectivity index (χ2v) is 5.30. The van der Waals surface area contributed by atoms with E-state index in [2.05, 4.69) is 24.6 Å². The molecule has 0 spiro atoms. The van der Waals surface area contributed by atoms with E-state index >= 15 is 0 Å². The third kappa shape index (κ3) is 2.89. The Bertz CT molecular complexity index is 435. The summed E-state index contributed by atoms with van der Waals surface area (Å²) in [5.74, 6) is 0. The average molecular weight is 261 g/mol. The van der Waals surface area contributed by atoms with Crippen LogP contribution in [0.4, 0.5) is 10.5 Å². The van der Waals surface area contributed by atoms with Crippen molar-refractivity contribution in [3.63, 3.8) is 0 Å².